The summed E-state index contributed by atoms with van der Waals surface area (Å²) in [6.45, 7) is 3.85. The first-order chi connectivity index (χ1) is 20.8. The van der Waals surface area contributed by atoms with Crippen LogP contribution in [-0.4, -0.2) is 58.8 Å². The molecule has 11 heteroatoms. The number of carbonyl (C=O) groups is 1. The number of piperidine rings is 1. The van der Waals surface area contributed by atoms with E-state index < -0.39 is 18.0 Å². The Hall–Kier alpha value is -3.99. The van der Waals surface area contributed by atoms with E-state index in [1.807, 2.05) is 47.9 Å². The number of fused-ring (bicyclic) bond motifs is 1. The molecule has 1 aliphatic heterocycles. The number of halogens is 2. The van der Waals surface area contributed by atoms with Gasteiger partial charge >= 0.3 is 5.97 Å². The molecule has 2 aromatic carbocycles. The van der Waals surface area contributed by atoms with Gasteiger partial charge in [-0.25, -0.2) is 14.8 Å². The molecule has 6 rings (SSSR count). The molecule has 1 saturated heterocycles. The number of rotatable bonds is 8. The summed E-state index contributed by atoms with van der Waals surface area (Å²) in [5, 5.41) is 1.23. The van der Waals surface area contributed by atoms with Crippen molar-refractivity contribution in [1.82, 2.24) is 19.4 Å². The second-order valence-corrected chi connectivity index (χ2v) is 11.9. The van der Waals surface area contributed by atoms with Gasteiger partial charge in [0.25, 0.3) is 0 Å². The highest BCUT2D eigenvalue weighted by atomic mass is 35.5. The average Bonchev–Trinajstić information content (AvgIpc) is 3.63. The van der Waals surface area contributed by atoms with Gasteiger partial charge in [0.2, 0.25) is 5.95 Å². The Balaban J connectivity index is 1.27. The Labute approximate surface area is 257 Å². The first-order valence-corrected chi connectivity index (χ1v) is 15.1. The number of ether oxygens (including phenoxy) is 3. The molecule has 0 amide bonds. The molecule has 8 nitrogen and oxygen atoms in total. The first kappa shape index (κ1) is 29.1. The van der Waals surface area contributed by atoms with E-state index in [0.29, 0.717) is 21.4 Å². The van der Waals surface area contributed by atoms with Crippen molar-refractivity contribution in [3.05, 3.63) is 88.5 Å². The summed E-state index contributed by atoms with van der Waals surface area (Å²) in [6.07, 6.45) is 4.69. The van der Waals surface area contributed by atoms with Crippen molar-refractivity contribution in [3.8, 4) is 27.6 Å². The maximum atomic E-state index is 13.3. The second-order valence-electron chi connectivity index (χ2n) is 10.5. The lowest BCUT2D eigenvalue weighted by molar-refractivity contribution is 0.0600. The topological polar surface area (TPSA) is 78.7 Å². The zero-order valence-corrected chi connectivity index (χ0v) is 25.5. The Morgan fingerprint density at radius 2 is 1.86 bits per heavy atom. The van der Waals surface area contributed by atoms with E-state index in [2.05, 4.69) is 21.9 Å². The van der Waals surface area contributed by atoms with Crippen LogP contribution in [0.15, 0.2) is 67.1 Å². The lowest BCUT2D eigenvalue weighted by atomic mass is 10.1. The minimum Gasteiger partial charge on any atom is -0.489 e. The maximum Gasteiger partial charge on any atom is 0.351 e. The fraction of sp³-hybridized carbons (Fsp3) is 0.281. The van der Waals surface area contributed by atoms with Gasteiger partial charge in [0.1, 0.15) is 35.0 Å². The van der Waals surface area contributed by atoms with E-state index in [-0.39, 0.29) is 6.10 Å². The molecule has 0 aliphatic carbocycles. The molecule has 5 aromatic rings. The number of pyridine rings is 1. The van der Waals surface area contributed by atoms with Gasteiger partial charge in [0, 0.05) is 36.5 Å². The van der Waals surface area contributed by atoms with E-state index in [9.17, 15) is 9.18 Å². The summed E-state index contributed by atoms with van der Waals surface area (Å²) >= 11 is 8.07. The number of hydrogen-bond donors (Lipinski definition) is 0. The highest BCUT2D eigenvalue weighted by Crippen LogP contribution is 2.40. The first-order valence-electron chi connectivity index (χ1n) is 13.9. The normalized spacial score (nSPS) is 15.0. The fourth-order valence-corrected chi connectivity index (χ4v) is 6.50. The molecule has 0 saturated carbocycles. The minimum absolute atomic E-state index is 0.110. The third-order valence-corrected chi connectivity index (χ3v) is 9.10. The molecule has 4 heterocycles. The van der Waals surface area contributed by atoms with Crippen LogP contribution in [0, 0.1) is 5.95 Å². The number of carbonyl (C=O) groups excluding carboxylic acids is 1. The zero-order valence-electron chi connectivity index (χ0n) is 23.9. The number of esters is 1. The molecule has 0 N–H and O–H groups in total. The second kappa shape index (κ2) is 12.3. The van der Waals surface area contributed by atoms with Crippen molar-refractivity contribution in [2.45, 2.75) is 32.0 Å². The molecular formula is C32H30ClFN4O4S. The number of methoxy groups -OCH3 is 1. The van der Waals surface area contributed by atoms with Crippen LogP contribution in [0.25, 0.3) is 27.2 Å². The number of likely N-dealkylation sites (tertiary alicyclic amines) is 1. The standard InChI is InChI=1S/C32H30ClFN4O4S/c1-19(23-5-4-6-26(30(23)33)42-22-11-13-37(2)14-12-22)41-27-16-29(43-31(27)32(39)40-3)38-18-36-24-15-20(7-9-25(24)38)21-8-10-28(34)35-17-21/h4-10,15-19,22H,11-14H2,1-3H3. The highest BCUT2D eigenvalue weighted by molar-refractivity contribution is 7.16. The van der Waals surface area contributed by atoms with Crippen LogP contribution in [0.1, 0.15) is 41.1 Å². The molecule has 1 fully saturated rings. The Morgan fingerprint density at radius 1 is 1.07 bits per heavy atom. The van der Waals surface area contributed by atoms with Crippen LogP contribution in [0.2, 0.25) is 5.02 Å². The Kier molecular flexibility index (Phi) is 8.34. The lowest BCUT2D eigenvalue weighted by Crippen LogP contribution is -2.35. The van der Waals surface area contributed by atoms with Gasteiger partial charge in [-0.3, -0.25) is 4.57 Å². The number of thiophene rings is 1. The van der Waals surface area contributed by atoms with Gasteiger partial charge in [-0.05, 0) is 62.7 Å². The minimum atomic E-state index is -0.531. The number of benzene rings is 2. The van der Waals surface area contributed by atoms with Crippen LogP contribution < -0.4 is 9.47 Å². The molecule has 1 unspecified atom stereocenters. The van der Waals surface area contributed by atoms with Gasteiger partial charge in [0.05, 0.1) is 23.2 Å². The van der Waals surface area contributed by atoms with Crippen molar-refractivity contribution in [2.75, 3.05) is 27.2 Å². The molecule has 1 aliphatic rings. The van der Waals surface area contributed by atoms with E-state index in [1.165, 1.54) is 30.7 Å². The van der Waals surface area contributed by atoms with Crippen molar-refractivity contribution in [3.63, 3.8) is 0 Å². The van der Waals surface area contributed by atoms with Crippen molar-refractivity contribution in [2.24, 2.45) is 0 Å². The van der Waals surface area contributed by atoms with Crippen molar-refractivity contribution in [1.29, 1.82) is 0 Å². The summed E-state index contributed by atoms with van der Waals surface area (Å²) in [5.41, 5.74) is 3.97. The maximum absolute atomic E-state index is 13.3. The molecule has 1 atom stereocenters. The number of hydrogen-bond acceptors (Lipinski definition) is 8. The van der Waals surface area contributed by atoms with E-state index >= 15 is 0 Å². The van der Waals surface area contributed by atoms with Crippen LogP contribution >= 0.6 is 22.9 Å². The van der Waals surface area contributed by atoms with Gasteiger partial charge < -0.3 is 19.1 Å². The van der Waals surface area contributed by atoms with Crippen molar-refractivity contribution >= 4 is 39.9 Å². The predicted octanol–water partition coefficient (Wildman–Crippen LogP) is 7.34. The summed E-state index contributed by atoms with van der Waals surface area (Å²) in [5.74, 6) is -0.0205. The van der Waals surface area contributed by atoms with Crippen LogP contribution in [0.5, 0.6) is 11.5 Å². The van der Waals surface area contributed by atoms with E-state index in [0.717, 1.165) is 58.7 Å². The summed E-state index contributed by atoms with van der Waals surface area (Å²) < 4.78 is 32.9. The molecule has 0 radical (unpaired) electrons. The summed E-state index contributed by atoms with van der Waals surface area (Å²) in [6, 6.07) is 16.3. The fourth-order valence-electron chi connectivity index (χ4n) is 5.19. The third kappa shape index (κ3) is 6.08. The quantitative estimate of drug-likeness (QED) is 0.133. The number of nitrogens with zero attached hydrogens (tertiary/aromatic N) is 4. The Morgan fingerprint density at radius 3 is 2.60 bits per heavy atom. The van der Waals surface area contributed by atoms with Gasteiger partial charge in [0.15, 0.2) is 4.88 Å². The summed E-state index contributed by atoms with van der Waals surface area (Å²) in [7, 11) is 3.45. The van der Waals surface area contributed by atoms with Gasteiger partial charge in [-0.2, -0.15) is 4.39 Å². The van der Waals surface area contributed by atoms with E-state index in [4.69, 9.17) is 25.8 Å². The monoisotopic (exact) mass is 620 g/mol. The number of imidazole rings is 1. The third-order valence-electron chi connectivity index (χ3n) is 7.60. The lowest BCUT2D eigenvalue weighted by Gasteiger charge is -2.30. The summed E-state index contributed by atoms with van der Waals surface area (Å²) in [4.78, 5) is 23.7. The van der Waals surface area contributed by atoms with Gasteiger partial charge in [-0.15, -0.1) is 11.3 Å². The molecule has 0 bridgehead atoms. The largest absolute Gasteiger partial charge is 0.489 e. The SMILES string of the molecule is COC(=O)c1sc(-n2cnc3cc(-c4ccc(F)nc4)ccc32)cc1OC(C)c1cccc(OC2CCN(C)CC2)c1Cl. The molecule has 0 spiro atoms. The molecule has 43 heavy (non-hydrogen) atoms. The van der Waals surface area contributed by atoms with Crippen LogP contribution in [0.4, 0.5) is 4.39 Å². The number of aromatic nitrogens is 3. The van der Waals surface area contributed by atoms with Gasteiger partial charge in [-0.1, -0.05) is 29.8 Å². The highest BCUT2D eigenvalue weighted by Gasteiger charge is 2.25. The molecule has 222 valence electrons. The van der Waals surface area contributed by atoms with E-state index in [1.54, 1.807) is 18.5 Å². The zero-order chi connectivity index (χ0) is 30.1. The predicted molar refractivity (Wildman–Crippen MR) is 165 cm³/mol. The van der Waals surface area contributed by atoms with Crippen molar-refractivity contribution < 1.29 is 23.4 Å². The van der Waals surface area contributed by atoms with Crippen LogP contribution in [-0.2, 0) is 4.74 Å². The smallest absolute Gasteiger partial charge is 0.351 e. The molecular weight excluding hydrogens is 591 g/mol. The average molecular weight is 621 g/mol. The van der Waals surface area contributed by atoms with Crippen LogP contribution in [0.3, 0.4) is 0 Å². The Bertz CT molecular complexity index is 1770. The molecule has 3 aromatic heterocycles.